The second-order valence-corrected chi connectivity index (χ2v) is 11.2. The van der Waals surface area contributed by atoms with Gasteiger partial charge in [0, 0.05) is 6.42 Å². The molecule has 0 fully saturated rings. The normalized spacial score (nSPS) is 11.2. The molecule has 0 saturated heterocycles. The molecule has 0 unspecified atom stereocenters. The fourth-order valence-corrected chi connectivity index (χ4v) is 5.10. The molecule has 1 rings (SSSR count). The van der Waals surface area contributed by atoms with Gasteiger partial charge in [-0.25, -0.2) is 0 Å². The van der Waals surface area contributed by atoms with E-state index in [1.54, 1.807) is 0 Å². The van der Waals surface area contributed by atoms with Gasteiger partial charge in [-0.2, -0.15) is 0 Å². The maximum Gasteiger partial charge on any atom is 0.126 e. The summed E-state index contributed by atoms with van der Waals surface area (Å²) >= 11 is 0. The van der Waals surface area contributed by atoms with E-state index in [2.05, 4.69) is 44.7 Å². The molecule has 0 aliphatic heterocycles. The van der Waals surface area contributed by atoms with Crippen molar-refractivity contribution in [3.05, 3.63) is 42.2 Å². The van der Waals surface area contributed by atoms with E-state index in [0.717, 1.165) is 17.9 Å². The Morgan fingerprint density at radius 3 is 1.28 bits per heavy atom. The minimum atomic E-state index is 0.917. The summed E-state index contributed by atoms with van der Waals surface area (Å²) in [6.07, 6.45) is 34.3. The predicted octanol–water partition coefficient (Wildman–Crippen LogP) is 12.5. The van der Waals surface area contributed by atoms with Gasteiger partial charge in [-0.3, -0.25) is 0 Å². The zero-order chi connectivity index (χ0) is 25.9. The maximum absolute atomic E-state index is 5.98. The summed E-state index contributed by atoms with van der Waals surface area (Å²) in [5, 5.41) is 0. The molecule has 0 aromatic heterocycles. The zero-order valence-electron chi connectivity index (χ0n) is 24.6. The van der Waals surface area contributed by atoms with Crippen LogP contribution in [0.2, 0.25) is 0 Å². The van der Waals surface area contributed by atoms with Gasteiger partial charge in [0.05, 0.1) is 5.76 Å². The van der Waals surface area contributed by atoms with Crippen molar-refractivity contribution in [2.24, 2.45) is 0 Å². The third-order valence-corrected chi connectivity index (χ3v) is 7.56. The highest BCUT2D eigenvalue weighted by Crippen LogP contribution is 2.20. The van der Waals surface area contributed by atoms with E-state index in [1.165, 1.54) is 160 Å². The minimum Gasteiger partial charge on any atom is -0.462 e. The van der Waals surface area contributed by atoms with Gasteiger partial charge >= 0.3 is 0 Å². The Labute approximate surface area is 226 Å². The van der Waals surface area contributed by atoms with Crippen LogP contribution in [-0.2, 0) is 6.42 Å². The van der Waals surface area contributed by atoms with Crippen LogP contribution in [0.4, 0.5) is 0 Å². The first-order chi connectivity index (χ1) is 17.8. The summed E-state index contributed by atoms with van der Waals surface area (Å²) in [5.74, 6) is 1.86. The molecule has 1 aromatic rings. The molecule has 0 amide bonds. The van der Waals surface area contributed by atoms with Gasteiger partial charge in [0.25, 0.3) is 0 Å². The van der Waals surface area contributed by atoms with Gasteiger partial charge < -0.3 is 4.74 Å². The van der Waals surface area contributed by atoms with E-state index in [4.69, 9.17) is 4.74 Å². The van der Waals surface area contributed by atoms with Crippen LogP contribution in [0.1, 0.15) is 174 Å². The quantitative estimate of drug-likeness (QED) is 0.0865. The lowest BCUT2D eigenvalue weighted by molar-refractivity contribution is 0.397. The van der Waals surface area contributed by atoms with E-state index < -0.39 is 0 Å². The summed E-state index contributed by atoms with van der Waals surface area (Å²) in [4.78, 5) is 0. The van der Waals surface area contributed by atoms with Gasteiger partial charge in [0.2, 0.25) is 0 Å². The Hall–Kier alpha value is -1.24. The Morgan fingerprint density at radius 1 is 0.500 bits per heavy atom. The number of rotatable bonds is 27. The number of benzene rings is 1. The van der Waals surface area contributed by atoms with Crippen molar-refractivity contribution in [2.75, 3.05) is 0 Å². The average molecular weight is 499 g/mol. The molecule has 0 spiro atoms. The van der Waals surface area contributed by atoms with E-state index >= 15 is 0 Å². The Morgan fingerprint density at radius 2 is 0.861 bits per heavy atom. The Bertz CT molecular complexity index is 587. The van der Waals surface area contributed by atoms with E-state index in [0.29, 0.717) is 0 Å². The van der Waals surface area contributed by atoms with Crippen LogP contribution in [0, 0.1) is 0 Å². The van der Waals surface area contributed by atoms with Gasteiger partial charge in [-0.05, 0) is 37.0 Å². The zero-order valence-corrected chi connectivity index (χ0v) is 24.6. The molecule has 36 heavy (non-hydrogen) atoms. The highest BCUT2D eigenvalue weighted by Gasteiger charge is 2.01. The van der Waals surface area contributed by atoms with Crippen molar-refractivity contribution >= 4 is 0 Å². The lowest BCUT2D eigenvalue weighted by Gasteiger charge is -2.10. The summed E-state index contributed by atoms with van der Waals surface area (Å²) in [6.45, 7) is 8.73. The molecule has 1 aromatic carbocycles. The molecule has 208 valence electrons. The number of allylic oxidation sites excluding steroid dienone is 1. The second kappa shape index (κ2) is 25.4. The third-order valence-electron chi connectivity index (χ3n) is 7.56. The fourth-order valence-electron chi connectivity index (χ4n) is 5.10. The van der Waals surface area contributed by atoms with Crippen molar-refractivity contribution in [3.63, 3.8) is 0 Å². The molecule has 1 nitrogen and oxygen atoms in total. The molecule has 0 heterocycles. The van der Waals surface area contributed by atoms with Crippen LogP contribution in [0.15, 0.2) is 36.6 Å². The number of ether oxygens (including phenoxy) is 1. The predicted molar refractivity (Wildman–Crippen MR) is 162 cm³/mol. The summed E-state index contributed by atoms with van der Waals surface area (Å²) in [6, 6.07) is 8.70. The van der Waals surface area contributed by atoms with Crippen molar-refractivity contribution < 1.29 is 4.74 Å². The second-order valence-electron chi connectivity index (χ2n) is 11.2. The Kier molecular flexibility index (Phi) is 23.1. The van der Waals surface area contributed by atoms with Crippen molar-refractivity contribution in [2.45, 2.75) is 174 Å². The van der Waals surface area contributed by atoms with Crippen LogP contribution in [0.25, 0.3) is 0 Å². The van der Waals surface area contributed by atoms with E-state index in [-0.39, 0.29) is 0 Å². The van der Waals surface area contributed by atoms with Crippen LogP contribution < -0.4 is 4.74 Å². The van der Waals surface area contributed by atoms with E-state index in [1.807, 2.05) is 0 Å². The molecule has 0 bridgehead atoms. The minimum absolute atomic E-state index is 0.917. The van der Waals surface area contributed by atoms with Crippen LogP contribution in [-0.4, -0.2) is 0 Å². The Balaban J connectivity index is 1.89. The van der Waals surface area contributed by atoms with Crippen LogP contribution in [0.3, 0.4) is 0 Å². The van der Waals surface area contributed by atoms with Crippen molar-refractivity contribution in [1.82, 2.24) is 0 Å². The molecular formula is C35H62O. The molecule has 0 aliphatic rings. The standard InChI is InChI=1S/C35H62O/c1-4-6-8-10-12-13-14-15-16-17-18-19-20-22-23-25-27-33(3)36-35-31-29-34(30-32-35)28-26-24-21-11-9-7-5-2/h29-32H,3-28H2,1-2H3. The van der Waals surface area contributed by atoms with Gasteiger partial charge in [-0.1, -0.05) is 167 Å². The lowest BCUT2D eigenvalue weighted by Crippen LogP contribution is -1.95. The first kappa shape index (κ1) is 32.8. The molecular weight excluding hydrogens is 436 g/mol. The monoisotopic (exact) mass is 498 g/mol. The van der Waals surface area contributed by atoms with Gasteiger partial charge in [0.1, 0.15) is 5.75 Å². The summed E-state index contributed by atoms with van der Waals surface area (Å²) in [7, 11) is 0. The largest absolute Gasteiger partial charge is 0.462 e. The molecule has 0 radical (unpaired) electrons. The van der Waals surface area contributed by atoms with Crippen LogP contribution >= 0.6 is 0 Å². The smallest absolute Gasteiger partial charge is 0.126 e. The summed E-state index contributed by atoms with van der Waals surface area (Å²) < 4.78 is 5.98. The highest BCUT2D eigenvalue weighted by molar-refractivity contribution is 5.28. The van der Waals surface area contributed by atoms with Gasteiger partial charge in [0.15, 0.2) is 0 Å². The number of aryl methyl sites for hydroxylation is 1. The molecule has 0 N–H and O–H groups in total. The number of hydrogen-bond donors (Lipinski definition) is 0. The summed E-state index contributed by atoms with van der Waals surface area (Å²) in [5.41, 5.74) is 1.43. The lowest BCUT2D eigenvalue weighted by atomic mass is 10.0. The molecule has 0 aliphatic carbocycles. The van der Waals surface area contributed by atoms with Gasteiger partial charge in [-0.15, -0.1) is 0 Å². The first-order valence-corrected chi connectivity index (χ1v) is 16.2. The highest BCUT2D eigenvalue weighted by atomic mass is 16.5. The third kappa shape index (κ3) is 20.9. The number of unbranched alkanes of at least 4 members (excludes halogenated alkanes) is 21. The SMILES string of the molecule is C=C(CCCCCCCCCCCCCCCCCC)Oc1ccc(CCCCCCCCC)cc1. The first-order valence-electron chi connectivity index (χ1n) is 16.2. The van der Waals surface area contributed by atoms with Crippen molar-refractivity contribution in [1.29, 1.82) is 0 Å². The average Bonchev–Trinajstić information content (AvgIpc) is 2.89. The molecule has 0 saturated carbocycles. The molecule has 1 heteroatoms. The number of hydrogen-bond acceptors (Lipinski definition) is 1. The fraction of sp³-hybridized carbons (Fsp3) is 0.771. The maximum atomic E-state index is 5.98. The topological polar surface area (TPSA) is 9.23 Å². The van der Waals surface area contributed by atoms with Crippen LogP contribution in [0.5, 0.6) is 5.75 Å². The molecule has 0 atom stereocenters. The van der Waals surface area contributed by atoms with E-state index in [9.17, 15) is 0 Å². The van der Waals surface area contributed by atoms with Crippen molar-refractivity contribution in [3.8, 4) is 5.75 Å².